The van der Waals surface area contributed by atoms with Crippen LogP contribution in [0.15, 0.2) is 23.1 Å². The Labute approximate surface area is 123 Å². The number of benzene rings is 1. The van der Waals surface area contributed by atoms with Gasteiger partial charge in [0.25, 0.3) is 0 Å². The van der Waals surface area contributed by atoms with Gasteiger partial charge in [0.15, 0.2) is 0 Å². The van der Waals surface area contributed by atoms with Crippen LogP contribution in [0.25, 0.3) is 0 Å². The van der Waals surface area contributed by atoms with Gasteiger partial charge in [-0.2, -0.15) is 0 Å². The largest absolute Gasteiger partial charge is 0.478 e. The third kappa shape index (κ3) is 3.41. The van der Waals surface area contributed by atoms with E-state index in [0.29, 0.717) is 12.5 Å². The van der Waals surface area contributed by atoms with E-state index in [0.717, 1.165) is 48.2 Å². The van der Waals surface area contributed by atoms with Crippen molar-refractivity contribution >= 4 is 16.0 Å². The van der Waals surface area contributed by atoms with Gasteiger partial charge in [0.05, 0.1) is 5.56 Å². The predicted octanol–water partition coefficient (Wildman–Crippen LogP) is 2.33. The molecule has 0 atom stereocenters. The van der Waals surface area contributed by atoms with Gasteiger partial charge in [0.1, 0.15) is 10.7 Å². The van der Waals surface area contributed by atoms with Crippen LogP contribution in [-0.2, 0) is 10.0 Å². The van der Waals surface area contributed by atoms with Crippen LogP contribution >= 0.6 is 0 Å². The third-order valence-electron chi connectivity index (χ3n) is 3.86. The summed E-state index contributed by atoms with van der Waals surface area (Å²) in [6.07, 6.45) is 4.17. The summed E-state index contributed by atoms with van der Waals surface area (Å²) in [5.74, 6) is -2.02. The summed E-state index contributed by atoms with van der Waals surface area (Å²) in [6, 6.07) is 2.85. The smallest absolute Gasteiger partial charge is 0.335 e. The molecule has 7 heteroatoms. The molecule has 1 fully saturated rings. The molecule has 5 nitrogen and oxygen atoms in total. The molecule has 1 saturated carbocycles. The van der Waals surface area contributed by atoms with Crippen molar-refractivity contribution in [3.05, 3.63) is 29.6 Å². The molecular weight excluding hydrogens is 297 g/mol. The van der Waals surface area contributed by atoms with Gasteiger partial charge in [0.2, 0.25) is 10.0 Å². The molecule has 0 saturated heterocycles. The summed E-state index contributed by atoms with van der Waals surface area (Å²) in [5.41, 5.74) is -0.273. The van der Waals surface area contributed by atoms with Gasteiger partial charge in [-0.05, 0) is 37.0 Å². The number of halogens is 1. The first-order valence-corrected chi connectivity index (χ1v) is 8.25. The SMILES string of the molecule is CN(CC1CCCC1)S(=O)(=O)c1ccc(C(=O)O)cc1F. The highest BCUT2D eigenvalue weighted by Crippen LogP contribution is 2.27. The van der Waals surface area contributed by atoms with Gasteiger partial charge in [-0.1, -0.05) is 12.8 Å². The lowest BCUT2D eigenvalue weighted by Crippen LogP contribution is -2.31. The van der Waals surface area contributed by atoms with Crippen LogP contribution < -0.4 is 0 Å². The number of hydrogen-bond donors (Lipinski definition) is 1. The molecule has 0 bridgehead atoms. The maximum absolute atomic E-state index is 13.9. The van der Waals surface area contributed by atoms with Crippen molar-refractivity contribution in [2.24, 2.45) is 5.92 Å². The fourth-order valence-corrected chi connectivity index (χ4v) is 3.95. The summed E-state index contributed by atoms with van der Waals surface area (Å²) in [5, 5.41) is 8.78. The molecule has 1 aliphatic carbocycles. The van der Waals surface area contributed by atoms with Crippen molar-refractivity contribution in [3.8, 4) is 0 Å². The first-order valence-electron chi connectivity index (χ1n) is 6.81. The van der Waals surface area contributed by atoms with E-state index in [9.17, 15) is 17.6 Å². The Morgan fingerprint density at radius 3 is 2.52 bits per heavy atom. The number of rotatable bonds is 5. The molecule has 1 N–H and O–H groups in total. The molecule has 0 unspecified atom stereocenters. The average molecular weight is 315 g/mol. The number of sulfonamides is 1. The van der Waals surface area contributed by atoms with Crippen molar-refractivity contribution in [1.29, 1.82) is 0 Å². The van der Waals surface area contributed by atoms with E-state index in [4.69, 9.17) is 5.11 Å². The van der Waals surface area contributed by atoms with Gasteiger partial charge >= 0.3 is 5.97 Å². The van der Waals surface area contributed by atoms with E-state index in [1.54, 1.807) is 0 Å². The number of aromatic carboxylic acids is 1. The molecule has 0 radical (unpaired) electrons. The number of hydrogen-bond acceptors (Lipinski definition) is 3. The summed E-state index contributed by atoms with van der Waals surface area (Å²) >= 11 is 0. The van der Waals surface area contributed by atoms with Crippen LogP contribution in [0, 0.1) is 11.7 Å². The molecule has 0 amide bonds. The van der Waals surface area contributed by atoms with Crippen LogP contribution in [0.5, 0.6) is 0 Å². The first-order chi connectivity index (χ1) is 9.82. The quantitative estimate of drug-likeness (QED) is 0.905. The lowest BCUT2D eigenvalue weighted by molar-refractivity contribution is 0.0696. The summed E-state index contributed by atoms with van der Waals surface area (Å²) in [6.45, 7) is 0.364. The summed E-state index contributed by atoms with van der Waals surface area (Å²) < 4.78 is 39.8. The van der Waals surface area contributed by atoms with E-state index < -0.39 is 26.7 Å². The number of carboxylic acid groups (broad SMARTS) is 1. The molecule has 1 aromatic rings. The standard InChI is InChI=1S/C14H18FNO4S/c1-16(9-10-4-2-3-5-10)21(19,20)13-7-6-11(14(17)18)8-12(13)15/h6-8,10H,2-5,9H2,1H3,(H,17,18). The predicted molar refractivity (Wildman–Crippen MR) is 75.1 cm³/mol. The maximum Gasteiger partial charge on any atom is 0.335 e. The monoisotopic (exact) mass is 315 g/mol. The normalized spacial score (nSPS) is 16.5. The van der Waals surface area contributed by atoms with Crippen LogP contribution in [0.4, 0.5) is 4.39 Å². The zero-order valence-corrected chi connectivity index (χ0v) is 12.6. The molecule has 116 valence electrons. The average Bonchev–Trinajstić information content (AvgIpc) is 2.90. The van der Waals surface area contributed by atoms with Crippen LogP contribution in [0.3, 0.4) is 0 Å². The van der Waals surface area contributed by atoms with Crippen molar-refractivity contribution in [3.63, 3.8) is 0 Å². The fourth-order valence-electron chi connectivity index (χ4n) is 2.67. The molecular formula is C14H18FNO4S. The Kier molecular flexibility index (Phi) is 4.63. The Morgan fingerprint density at radius 2 is 2.00 bits per heavy atom. The van der Waals surface area contributed by atoms with Crippen molar-refractivity contribution < 1.29 is 22.7 Å². The van der Waals surface area contributed by atoms with Gasteiger partial charge in [-0.3, -0.25) is 0 Å². The number of carboxylic acids is 1. The minimum atomic E-state index is -3.93. The fraction of sp³-hybridized carbons (Fsp3) is 0.500. The Morgan fingerprint density at radius 1 is 1.38 bits per heavy atom. The van der Waals surface area contributed by atoms with Crippen molar-refractivity contribution in [1.82, 2.24) is 4.31 Å². The molecule has 1 aromatic carbocycles. The highest BCUT2D eigenvalue weighted by Gasteiger charge is 2.28. The number of carbonyl (C=O) groups is 1. The molecule has 0 heterocycles. The Bertz CT molecular complexity index is 638. The van der Waals surface area contributed by atoms with Gasteiger partial charge in [-0.25, -0.2) is 21.9 Å². The molecule has 2 rings (SSSR count). The third-order valence-corrected chi connectivity index (χ3v) is 5.71. The summed E-state index contributed by atoms with van der Waals surface area (Å²) in [4.78, 5) is 10.3. The van der Waals surface area contributed by atoms with Crippen LogP contribution in [0.2, 0.25) is 0 Å². The minimum absolute atomic E-state index is 0.273. The van der Waals surface area contributed by atoms with Crippen molar-refractivity contribution in [2.45, 2.75) is 30.6 Å². The second-order valence-electron chi connectivity index (χ2n) is 5.39. The lowest BCUT2D eigenvalue weighted by Gasteiger charge is -2.21. The zero-order valence-electron chi connectivity index (χ0n) is 11.8. The maximum atomic E-state index is 13.9. The Hall–Kier alpha value is -1.47. The molecule has 0 aliphatic heterocycles. The van der Waals surface area contributed by atoms with E-state index in [2.05, 4.69) is 0 Å². The van der Waals surface area contributed by atoms with Gasteiger partial charge < -0.3 is 5.11 Å². The number of nitrogens with zero attached hydrogens (tertiary/aromatic N) is 1. The first kappa shape index (κ1) is 15.9. The van der Waals surface area contributed by atoms with Gasteiger partial charge in [0, 0.05) is 13.6 Å². The highest BCUT2D eigenvalue weighted by molar-refractivity contribution is 7.89. The van der Waals surface area contributed by atoms with E-state index in [1.165, 1.54) is 7.05 Å². The zero-order chi connectivity index (χ0) is 15.6. The Balaban J connectivity index is 2.23. The van der Waals surface area contributed by atoms with E-state index >= 15 is 0 Å². The van der Waals surface area contributed by atoms with Crippen molar-refractivity contribution in [2.75, 3.05) is 13.6 Å². The molecule has 1 aliphatic rings. The lowest BCUT2D eigenvalue weighted by atomic mass is 10.1. The van der Waals surface area contributed by atoms with E-state index in [-0.39, 0.29) is 5.56 Å². The second kappa shape index (κ2) is 6.11. The van der Waals surface area contributed by atoms with Gasteiger partial charge in [-0.15, -0.1) is 0 Å². The van der Waals surface area contributed by atoms with Crippen LogP contribution in [-0.4, -0.2) is 37.4 Å². The topological polar surface area (TPSA) is 74.7 Å². The molecule has 0 aromatic heterocycles. The molecule has 0 spiro atoms. The molecule has 21 heavy (non-hydrogen) atoms. The minimum Gasteiger partial charge on any atom is -0.478 e. The second-order valence-corrected chi connectivity index (χ2v) is 7.40. The van der Waals surface area contributed by atoms with Crippen LogP contribution in [0.1, 0.15) is 36.0 Å². The summed E-state index contributed by atoms with van der Waals surface area (Å²) in [7, 11) is -2.51. The van der Waals surface area contributed by atoms with E-state index in [1.807, 2.05) is 0 Å². The highest BCUT2D eigenvalue weighted by atomic mass is 32.2.